The van der Waals surface area contributed by atoms with Crippen molar-refractivity contribution < 1.29 is 4.79 Å². The van der Waals surface area contributed by atoms with Crippen molar-refractivity contribution in [1.29, 1.82) is 0 Å². The minimum atomic E-state index is 0.228. The van der Waals surface area contributed by atoms with Crippen LogP contribution in [0.1, 0.15) is 51.1 Å². The van der Waals surface area contributed by atoms with Crippen molar-refractivity contribution in [3.05, 3.63) is 48.0 Å². The Labute approximate surface area is 163 Å². The van der Waals surface area contributed by atoms with Crippen LogP contribution in [-0.4, -0.2) is 41.9 Å². The second-order valence-electron chi connectivity index (χ2n) is 8.59. The van der Waals surface area contributed by atoms with Crippen LogP contribution < -0.4 is 0 Å². The van der Waals surface area contributed by atoms with Gasteiger partial charge in [0, 0.05) is 25.0 Å². The highest BCUT2D eigenvalue weighted by atomic mass is 16.2. The lowest BCUT2D eigenvalue weighted by Gasteiger charge is -2.39. The fourth-order valence-electron chi connectivity index (χ4n) is 4.99. The molecule has 0 bridgehead atoms. The van der Waals surface area contributed by atoms with Gasteiger partial charge in [0.25, 0.3) is 0 Å². The summed E-state index contributed by atoms with van der Waals surface area (Å²) in [5.74, 6) is 1.31. The number of carbonyl (C=O) groups is 1. The molecule has 2 aromatic rings. The average molecular weight is 365 g/mol. The van der Waals surface area contributed by atoms with Crippen LogP contribution in [0.25, 0.3) is 10.8 Å². The number of piperidine rings is 2. The molecule has 0 aliphatic carbocycles. The molecule has 0 aromatic heterocycles. The predicted octanol–water partition coefficient (Wildman–Crippen LogP) is 4.87. The van der Waals surface area contributed by atoms with Crippen molar-refractivity contribution in [3.8, 4) is 0 Å². The first-order valence-corrected chi connectivity index (χ1v) is 10.6. The second-order valence-corrected chi connectivity index (χ2v) is 8.59. The molecule has 2 atom stereocenters. The molecule has 1 amide bonds. The van der Waals surface area contributed by atoms with Gasteiger partial charge in [-0.05, 0) is 68.0 Å². The van der Waals surface area contributed by atoms with E-state index in [-0.39, 0.29) is 5.92 Å². The van der Waals surface area contributed by atoms with E-state index in [1.54, 1.807) is 0 Å². The van der Waals surface area contributed by atoms with Crippen LogP contribution >= 0.6 is 0 Å². The number of amides is 1. The summed E-state index contributed by atoms with van der Waals surface area (Å²) in [6.45, 7) is 8.56. The molecule has 27 heavy (non-hydrogen) atoms. The monoisotopic (exact) mass is 364 g/mol. The Morgan fingerprint density at radius 2 is 1.74 bits per heavy atom. The molecule has 0 spiro atoms. The largest absolute Gasteiger partial charge is 0.342 e. The summed E-state index contributed by atoms with van der Waals surface area (Å²) < 4.78 is 0. The number of likely N-dealkylation sites (tertiary alicyclic amines) is 2. The maximum Gasteiger partial charge on any atom is 0.225 e. The highest BCUT2D eigenvalue weighted by molar-refractivity contribution is 5.86. The Morgan fingerprint density at radius 1 is 1.00 bits per heavy atom. The van der Waals surface area contributed by atoms with Crippen molar-refractivity contribution in [2.75, 3.05) is 26.2 Å². The van der Waals surface area contributed by atoms with Gasteiger partial charge in [-0.25, -0.2) is 0 Å². The predicted molar refractivity (Wildman–Crippen MR) is 112 cm³/mol. The van der Waals surface area contributed by atoms with E-state index in [1.807, 2.05) is 0 Å². The summed E-state index contributed by atoms with van der Waals surface area (Å²) in [7, 11) is 0. The third-order valence-electron chi connectivity index (χ3n) is 6.67. The molecule has 2 aromatic carbocycles. The van der Waals surface area contributed by atoms with Gasteiger partial charge in [0.1, 0.15) is 0 Å². The first kappa shape index (κ1) is 18.5. The van der Waals surface area contributed by atoms with E-state index >= 15 is 0 Å². The number of benzene rings is 2. The molecule has 2 aliphatic rings. The number of rotatable bonds is 3. The number of nitrogens with zero attached hydrogens (tertiary/aromatic N) is 2. The van der Waals surface area contributed by atoms with Crippen molar-refractivity contribution in [3.63, 3.8) is 0 Å². The summed E-state index contributed by atoms with van der Waals surface area (Å²) in [6, 6.07) is 15.7. The van der Waals surface area contributed by atoms with Crippen LogP contribution in [0.2, 0.25) is 0 Å². The van der Waals surface area contributed by atoms with Gasteiger partial charge >= 0.3 is 0 Å². The molecule has 0 N–H and O–H groups in total. The normalized spacial score (nSPS) is 23.5. The van der Waals surface area contributed by atoms with E-state index in [0.717, 1.165) is 39.0 Å². The van der Waals surface area contributed by atoms with Gasteiger partial charge in [-0.3, -0.25) is 9.69 Å². The fraction of sp³-hybridized carbons (Fsp3) is 0.542. The molecule has 0 saturated carbocycles. The van der Waals surface area contributed by atoms with Crippen LogP contribution in [0.5, 0.6) is 0 Å². The minimum absolute atomic E-state index is 0.228. The van der Waals surface area contributed by atoms with Crippen LogP contribution in [0.4, 0.5) is 0 Å². The average Bonchev–Trinajstić information content (AvgIpc) is 2.72. The van der Waals surface area contributed by atoms with Gasteiger partial charge < -0.3 is 4.90 Å². The molecule has 3 heteroatoms. The molecular formula is C24H32N2O. The van der Waals surface area contributed by atoms with Gasteiger partial charge in [-0.15, -0.1) is 0 Å². The van der Waals surface area contributed by atoms with Crippen LogP contribution in [0.3, 0.4) is 0 Å². The summed E-state index contributed by atoms with van der Waals surface area (Å²) in [4.78, 5) is 17.6. The number of hydrogen-bond acceptors (Lipinski definition) is 2. The first-order valence-electron chi connectivity index (χ1n) is 10.6. The summed E-state index contributed by atoms with van der Waals surface area (Å²) in [6.07, 6.45) is 4.44. The first-order chi connectivity index (χ1) is 13.1. The smallest absolute Gasteiger partial charge is 0.225 e. The molecule has 2 aliphatic heterocycles. The number of carbonyl (C=O) groups excluding carboxylic acids is 1. The molecule has 2 heterocycles. The third kappa shape index (κ3) is 3.89. The summed E-state index contributed by atoms with van der Waals surface area (Å²) in [5.41, 5.74) is 1.41. The molecule has 0 radical (unpaired) electrons. The van der Waals surface area contributed by atoms with E-state index in [2.05, 4.69) is 66.1 Å². The summed E-state index contributed by atoms with van der Waals surface area (Å²) >= 11 is 0. The van der Waals surface area contributed by atoms with E-state index in [1.165, 1.54) is 29.2 Å². The molecule has 2 fully saturated rings. The van der Waals surface area contributed by atoms with E-state index in [4.69, 9.17) is 0 Å². The van der Waals surface area contributed by atoms with Crippen molar-refractivity contribution in [2.24, 2.45) is 11.8 Å². The topological polar surface area (TPSA) is 23.6 Å². The van der Waals surface area contributed by atoms with Gasteiger partial charge in [0.15, 0.2) is 0 Å². The van der Waals surface area contributed by atoms with Crippen molar-refractivity contribution in [2.45, 2.75) is 45.6 Å². The Kier molecular flexibility index (Phi) is 5.49. The Bertz CT molecular complexity index is 789. The van der Waals surface area contributed by atoms with Crippen molar-refractivity contribution >= 4 is 16.7 Å². The molecular weight excluding hydrogens is 332 g/mol. The van der Waals surface area contributed by atoms with Gasteiger partial charge in [0.05, 0.1) is 0 Å². The van der Waals surface area contributed by atoms with E-state index in [9.17, 15) is 4.79 Å². The van der Waals surface area contributed by atoms with Crippen LogP contribution in [0, 0.1) is 11.8 Å². The highest BCUT2D eigenvalue weighted by Gasteiger charge is 2.32. The molecule has 2 unspecified atom stereocenters. The maximum atomic E-state index is 12.9. The highest BCUT2D eigenvalue weighted by Crippen LogP contribution is 2.32. The number of fused-ring (bicyclic) bond motifs is 1. The molecule has 4 rings (SSSR count). The Morgan fingerprint density at radius 3 is 2.52 bits per heavy atom. The lowest BCUT2D eigenvalue weighted by Crippen LogP contribution is -2.46. The second kappa shape index (κ2) is 8.02. The molecule has 3 nitrogen and oxygen atoms in total. The quantitative estimate of drug-likeness (QED) is 0.775. The number of hydrogen-bond donors (Lipinski definition) is 0. The third-order valence-corrected chi connectivity index (χ3v) is 6.67. The van der Waals surface area contributed by atoms with Gasteiger partial charge in [-0.2, -0.15) is 0 Å². The summed E-state index contributed by atoms with van der Waals surface area (Å²) in [5, 5.41) is 2.67. The van der Waals surface area contributed by atoms with Crippen LogP contribution in [-0.2, 0) is 4.79 Å². The standard InChI is InChI=1S/C24H32N2O/c1-18-7-6-14-26(17-18)24(27)21-12-15-25(16-13-21)19(2)22-11-5-9-20-8-3-4-10-23(20)22/h3-5,8-11,18-19,21H,6-7,12-17H2,1-2H3. The Hall–Kier alpha value is -1.87. The van der Waals surface area contributed by atoms with E-state index in [0.29, 0.717) is 17.9 Å². The minimum Gasteiger partial charge on any atom is -0.342 e. The van der Waals surface area contributed by atoms with Crippen molar-refractivity contribution in [1.82, 2.24) is 9.80 Å². The van der Waals surface area contributed by atoms with Gasteiger partial charge in [0.2, 0.25) is 5.91 Å². The van der Waals surface area contributed by atoms with Crippen LogP contribution in [0.15, 0.2) is 42.5 Å². The zero-order chi connectivity index (χ0) is 18.8. The molecule has 2 saturated heterocycles. The molecule has 144 valence electrons. The zero-order valence-electron chi connectivity index (χ0n) is 16.7. The van der Waals surface area contributed by atoms with Gasteiger partial charge in [-0.1, -0.05) is 49.4 Å². The SMILES string of the molecule is CC1CCCN(C(=O)C2CCN(C(C)c3cccc4ccccc34)CC2)C1. The zero-order valence-corrected chi connectivity index (χ0v) is 16.7. The fourth-order valence-corrected chi connectivity index (χ4v) is 4.99. The van der Waals surface area contributed by atoms with E-state index < -0.39 is 0 Å². The maximum absolute atomic E-state index is 12.9. The lowest BCUT2D eigenvalue weighted by atomic mass is 9.91. The lowest BCUT2D eigenvalue weighted by molar-refractivity contribution is -0.139. The Balaban J connectivity index is 1.40.